The molecule has 0 amide bonds. The van der Waals surface area contributed by atoms with E-state index in [0.717, 1.165) is 50.6 Å². The lowest BCUT2D eigenvalue weighted by molar-refractivity contribution is -0.0106. The molecule has 2 aliphatic heterocycles. The summed E-state index contributed by atoms with van der Waals surface area (Å²) in [6.45, 7) is 5.86. The van der Waals surface area contributed by atoms with Gasteiger partial charge in [0.05, 0.1) is 19.7 Å². The molecule has 8 nitrogen and oxygen atoms in total. The first-order valence-electron chi connectivity index (χ1n) is 8.85. The Morgan fingerprint density at radius 2 is 2.28 bits per heavy atom. The summed E-state index contributed by atoms with van der Waals surface area (Å²) in [5.74, 6) is 1.86. The predicted octanol–water partition coefficient (Wildman–Crippen LogP) is 0.555. The van der Waals surface area contributed by atoms with Gasteiger partial charge in [0.2, 0.25) is 0 Å². The molecule has 0 bridgehead atoms. The number of hydrogen-bond donors (Lipinski definition) is 3. The maximum absolute atomic E-state index is 9.81. The summed E-state index contributed by atoms with van der Waals surface area (Å²) in [6.07, 6.45) is 5.28. The Morgan fingerprint density at radius 1 is 1.48 bits per heavy atom. The number of fused-ring (bicyclic) bond motifs is 1. The molecule has 9 heteroatoms. The van der Waals surface area contributed by atoms with Gasteiger partial charge in [-0.05, 0) is 26.2 Å². The maximum Gasteiger partial charge on any atom is 0.191 e. The van der Waals surface area contributed by atoms with Crippen molar-refractivity contribution < 1.29 is 9.84 Å². The van der Waals surface area contributed by atoms with Crippen molar-refractivity contribution in [3.63, 3.8) is 0 Å². The van der Waals surface area contributed by atoms with E-state index in [1.807, 2.05) is 4.68 Å². The minimum atomic E-state index is -0.147. The second-order valence-electron chi connectivity index (χ2n) is 6.70. The van der Waals surface area contributed by atoms with E-state index in [0.29, 0.717) is 19.8 Å². The third-order valence-corrected chi connectivity index (χ3v) is 4.95. The van der Waals surface area contributed by atoms with Crippen LogP contribution >= 0.6 is 24.0 Å². The van der Waals surface area contributed by atoms with Crippen LogP contribution in [0.2, 0.25) is 0 Å². The molecule has 1 aromatic rings. The van der Waals surface area contributed by atoms with Crippen molar-refractivity contribution in [3.05, 3.63) is 12.2 Å². The monoisotopic (exact) mass is 464 g/mol. The third kappa shape index (κ3) is 5.27. The van der Waals surface area contributed by atoms with E-state index in [1.165, 1.54) is 0 Å². The van der Waals surface area contributed by atoms with Gasteiger partial charge in [-0.1, -0.05) is 0 Å². The normalized spacial score (nSPS) is 22.6. The number of aromatic nitrogens is 3. The van der Waals surface area contributed by atoms with Crippen LogP contribution in [-0.4, -0.2) is 64.8 Å². The van der Waals surface area contributed by atoms with Crippen LogP contribution in [0.15, 0.2) is 11.3 Å². The first-order valence-corrected chi connectivity index (χ1v) is 8.85. The number of aliphatic imine (C=N–C) groups is 1. The van der Waals surface area contributed by atoms with E-state index >= 15 is 0 Å². The van der Waals surface area contributed by atoms with Gasteiger partial charge in [0, 0.05) is 37.6 Å². The van der Waals surface area contributed by atoms with Gasteiger partial charge >= 0.3 is 0 Å². The van der Waals surface area contributed by atoms with Gasteiger partial charge in [-0.15, -0.1) is 24.0 Å². The van der Waals surface area contributed by atoms with E-state index < -0.39 is 0 Å². The number of aliphatic hydroxyl groups excluding tert-OH is 1. The second kappa shape index (κ2) is 9.67. The third-order valence-electron chi connectivity index (χ3n) is 4.95. The van der Waals surface area contributed by atoms with Crippen LogP contribution in [0.25, 0.3) is 0 Å². The van der Waals surface area contributed by atoms with Crippen molar-refractivity contribution in [1.29, 1.82) is 0 Å². The van der Waals surface area contributed by atoms with Gasteiger partial charge in [0.25, 0.3) is 0 Å². The van der Waals surface area contributed by atoms with Crippen molar-refractivity contribution >= 4 is 29.9 Å². The van der Waals surface area contributed by atoms with Crippen LogP contribution in [0.4, 0.5) is 0 Å². The highest BCUT2D eigenvalue weighted by Gasteiger charge is 2.32. The Labute approximate surface area is 165 Å². The number of nitrogens with zero attached hydrogens (tertiary/aromatic N) is 4. The molecule has 0 saturated carbocycles. The molecule has 3 rings (SSSR count). The van der Waals surface area contributed by atoms with E-state index in [4.69, 9.17) is 9.73 Å². The van der Waals surface area contributed by atoms with Crippen LogP contribution in [0.1, 0.15) is 32.0 Å². The Kier molecular flexibility index (Phi) is 7.88. The lowest BCUT2D eigenvalue weighted by atomic mass is 9.81. The molecule has 0 aliphatic carbocycles. The number of aryl methyl sites for hydroxylation is 1. The van der Waals surface area contributed by atoms with E-state index in [1.54, 1.807) is 6.33 Å². The zero-order valence-corrected chi connectivity index (χ0v) is 17.1. The van der Waals surface area contributed by atoms with Crippen LogP contribution in [0.3, 0.4) is 0 Å². The number of aliphatic hydroxyl groups is 1. The zero-order chi connectivity index (χ0) is 16.8. The van der Waals surface area contributed by atoms with E-state index in [2.05, 4.69) is 27.6 Å². The highest BCUT2D eigenvalue weighted by molar-refractivity contribution is 14.0. The van der Waals surface area contributed by atoms with Crippen LogP contribution in [0, 0.1) is 5.41 Å². The molecule has 1 fully saturated rings. The van der Waals surface area contributed by atoms with Crippen molar-refractivity contribution in [2.75, 3.05) is 32.9 Å². The summed E-state index contributed by atoms with van der Waals surface area (Å²) >= 11 is 0. The maximum atomic E-state index is 9.81. The molecule has 0 radical (unpaired) electrons. The number of nitrogens with one attached hydrogen (secondary N) is 2. The minimum Gasteiger partial charge on any atom is -0.396 e. The summed E-state index contributed by atoms with van der Waals surface area (Å²) in [5.41, 5.74) is -0.147. The quantitative estimate of drug-likeness (QED) is 0.335. The van der Waals surface area contributed by atoms with E-state index in [-0.39, 0.29) is 42.0 Å². The molecule has 0 aromatic carbocycles. The highest BCUT2D eigenvalue weighted by atomic mass is 127. The van der Waals surface area contributed by atoms with Gasteiger partial charge in [-0.25, -0.2) is 9.67 Å². The standard InChI is InChI=1S/C16H28N6O2.HI/c1-2-17-15(18-10-16(11-23)5-7-24-8-6-16)21-13-3-4-14-19-12-20-22(14)9-13;/h12-13,23H,2-11H2,1H3,(H2,17,18,21);1H. The molecule has 1 aromatic heterocycles. The average Bonchev–Trinajstić information content (AvgIpc) is 3.08. The minimum absolute atomic E-state index is 0. The molecular weight excluding hydrogens is 435 g/mol. The van der Waals surface area contributed by atoms with Crippen LogP contribution in [0.5, 0.6) is 0 Å². The highest BCUT2D eigenvalue weighted by Crippen LogP contribution is 2.30. The smallest absolute Gasteiger partial charge is 0.191 e. The van der Waals surface area contributed by atoms with Crippen molar-refractivity contribution in [3.8, 4) is 0 Å². The van der Waals surface area contributed by atoms with Gasteiger partial charge < -0.3 is 20.5 Å². The largest absolute Gasteiger partial charge is 0.396 e. The molecule has 1 atom stereocenters. The molecule has 2 aliphatic rings. The molecule has 142 valence electrons. The topological polar surface area (TPSA) is 96.6 Å². The fourth-order valence-electron chi connectivity index (χ4n) is 3.29. The number of halogens is 1. The summed E-state index contributed by atoms with van der Waals surface area (Å²) in [4.78, 5) is 9.01. The average molecular weight is 464 g/mol. The fourth-order valence-corrected chi connectivity index (χ4v) is 3.29. The predicted molar refractivity (Wildman–Crippen MR) is 106 cm³/mol. The van der Waals surface area contributed by atoms with E-state index in [9.17, 15) is 5.11 Å². The van der Waals surface area contributed by atoms with Gasteiger partial charge in [-0.3, -0.25) is 4.99 Å². The molecule has 3 N–H and O–H groups in total. The lowest BCUT2D eigenvalue weighted by Crippen LogP contribution is -2.48. The molecule has 0 spiro atoms. The Morgan fingerprint density at radius 3 is 3.00 bits per heavy atom. The van der Waals surface area contributed by atoms with Crippen LogP contribution in [-0.2, 0) is 17.7 Å². The van der Waals surface area contributed by atoms with Crippen molar-refractivity contribution in [1.82, 2.24) is 25.4 Å². The number of rotatable bonds is 5. The molecule has 25 heavy (non-hydrogen) atoms. The molecule has 1 unspecified atom stereocenters. The summed E-state index contributed by atoms with van der Waals surface area (Å²) in [6, 6.07) is 0.289. The molecule has 1 saturated heterocycles. The first-order chi connectivity index (χ1) is 11.7. The summed E-state index contributed by atoms with van der Waals surface area (Å²) < 4.78 is 7.38. The van der Waals surface area contributed by atoms with Crippen molar-refractivity contribution in [2.24, 2.45) is 10.4 Å². The summed E-state index contributed by atoms with van der Waals surface area (Å²) in [5, 5.41) is 20.9. The SMILES string of the molecule is CCNC(=NCC1(CO)CCOCC1)NC1CCc2ncnn2C1.I. The Bertz CT molecular complexity index is 559. The van der Waals surface area contributed by atoms with Gasteiger partial charge in [0.1, 0.15) is 12.2 Å². The molecule has 3 heterocycles. The fraction of sp³-hybridized carbons (Fsp3) is 0.812. The number of ether oxygens (including phenoxy) is 1. The first kappa shape index (κ1) is 20.4. The zero-order valence-electron chi connectivity index (χ0n) is 14.8. The Balaban J connectivity index is 0.00000225. The van der Waals surface area contributed by atoms with Gasteiger partial charge in [0.15, 0.2) is 5.96 Å². The van der Waals surface area contributed by atoms with Crippen molar-refractivity contribution in [2.45, 2.75) is 45.2 Å². The van der Waals surface area contributed by atoms with Crippen LogP contribution < -0.4 is 10.6 Å². The Hall–Kier alpha value is -0.940. The molecular formula is C16H29IN6O2. The summed E-state index contributed by atoms with van der Waals surface area (Å²) in [7, 11) is 0. The lowest BCUT2D eigenvalue weighted by Gasteiger charge is -2.34. The number of hydrogen-bond acceptors (Lipinski definition) is 5. The van der Waals surface area contributed by atoms with Gasteiger partial charge in [-0.2, -0.15) is 5.10 Å². The second-order valence-corrected chi connectivity index (χ2v) is 6.70. The number of guanidine groups is 1.